The Morgan fingerprint density at radius 1 is 1.13 bits per heavy atom. The number of piperidine rings is 1. The molecule has 2 aromatic rings. The summed E-state index contributed by atoms with van der Waals surface area (Å²) in [7, 11) is 1.91. The van der Waals surface area contributed by atoms with Crippen LogP contribution in [0.3, 0.4) is 0 Å². The Balaban J connectivity index is 1.33. The van der Waals surface area contributed by atoms with Crippen LogP contribution in [0, 0.1) is 16.7 Å². The van der Waals surface area contributed by atoms with Crippen molar-refractivity contribution in [1.29, 1.82) is 5.26 Å². The summed E-state index contributed by atoms with van der Waals surface area (Å²) in [5.74, 6) is 0.287. The molecule has 1 spiro atoms. The zero-order chi connectivity index (χ0) is 27.3. The minimum Gasteiger partial charge on any atom is -0.322 e. The normalized spacial score (nSPS) is 17.8. The number of carbonyl (C=O) groups excluding carboxylic acids is 2. The van der Waals surface area contributed by atoms with Gasteiger partial charge in [0.05, 0.1) is 18.9 Å². The van der Waals surface area contributed by atoms with Gasteiger partial charge in [-0.05, 0) is 42.4 Å². The van der Waals surface area contributed by atoms with Crippen molar-refractivity contribution >= 4 is 17.8 Å². The van der Waals surface area contributed by atoms with E-state index in [0.717, 1.165) is 44.5 Å². The molecule has 38 heavy (non-hydrogen) atoms. The number of hydrogen-bond donors (Lipinski definition) is 1. The number of likely N-dealkylation sites (tertiary alicyclic amines) is 1. The standard InChI is InChI=1S/C27H37N9O2/c1-26(2,3)20-36(23-17-30-16-22(15-28)31-23)32-24(37)19-34-12-7-27(8-13-34)9-14-35(25(38)33(27)4)18-21-5-10-29-11-6-21/h5-6,10-11,16-17H,7-9,12-14,18-20H2,1-4H3,(H,32,37). The van der Waals surface area contributed by atoms with Gasteiger partial charge in [-0.2, -0.15) is 5.26 Å². The molecule has 0 aliphatic carbocycles. The summed E-state index contributed by atoms with van der Waals surface area (Å²) in [6.07, 6.45) is 9.01. The number of hydrazine groups is 1. The lowest BCUT2D eigenvalue weighted by molar-refractivity contribution is -0.123. The molecule has 0 bridgehead atoms. The van der Waals surface area contributed by atoms with Crippen LogP contribution in [0.5, 0.6) is 0 Å². The minimum absolute atomic E-state index is 0.0535. The molecular weight excluding hydrogens is 482 g/mol. The van der Waals surface area contributed by atoms with Gasteiger partial charge in [0, 0.05) is 57.7 Å². The van der Waals surface area contributed by atoms with Crippen LogP contribution in [0.25, 0.3) is 0 Å². The third-order valence-corrected chi connectivity index (χ3v) is 7.30. The van der Waals surface area contributed by atoms with E-state index in [0.29, 0.717) is 18.9 Å². The average Bonchev–Trinajstić information content (AvgIpc) is 2.90. The Labute approximate surface area is 224 Å². The molecule has 2 aromatic heterocycles. The molecule has 202 valence electrons. The van der Waals surface area contributed by atoms with Gasteiger partial charge in [0.15, 0.2) is 11.5 Å². The number of carbonyl (C=O) groups is 2. The zero-order valence-electron chi connectivity index (χ0n) is 22.7. The summed E-state index contributed by atoms with van der Waals surface area (Å²) < 4.78 is 0. The molecule has 11 nitrogen and oxygen atoms in total. The number of urea groups is 1. The smallest absolute Gasteiger partial charge is 0.320 e. The van der Waals surface area contributed by atoms with Crippen LogP contribution >= 0.6 is 0 Å². The third-order valence-electron chi connectivity index (χ3n) is 7.30. The van der Waals surface area contributed by atoms with Crippen LogP contribution in [-0.2, 0) is 11.3 Å². The predicted octanol–water partition coefficient (Wildman–Crippen LogP) is 2.42. The number of aromatic nitrogens is 3. The molecule has 2 saturated heterocycles. The maximum absolute atomic E-state index is 13.2. The molecule has 2 fully saturated rings. The van der Waals surface area contributed by atoms with Crippen molar-refractivity contribution in [2.45, 2.75) is 52.1 Å². The summed E-state index contributed by atoms with van der Waals surface area (Å²) in [5.41, 5.74) is 3.94. The number of anilines is 1. The lowest BCUT2D eigenvalue weighted by Gasteiger charge is -2.52. The highest BCUT2D eigenvalue weighted by molar-refractivity contribution is 5.79. The van der Waals surface area contributed by atoms with Crippen LogP contribution in [0.2, 0.25) is 0 Å². The first kappa shape index (κ1) is 27.3. The van der Waals surface area contributed by atoms with Crippen molar-refractivity contribution in [3.63, 3.8) is 0 Å². The highest BCUT2D eigenvalue weighted by Crippen LogP contribution is 2.35. The molecule has 3 amide bonds. The molecule has 1 N–H and O–H groups in total. The molecule has 0 atom stereocenters. The molecule has 0 radical (unpaired) electrons. The van der Waals surface area contributed by atoms with E-state index in [9.17, 15) is 14.9 Å². The Bertz CT molecular complexity index is 1170. The van der Waals surface area contributed by atoms with Gasteiger partial charge in [-0.3, -0.25) is 30.1 Å². The first-order valence-electron chi connectivity index (χ1n) is 13.0. The summed E-state index contributed by atoms with van der Waals surface area (Å²) in [6, 6.07) is 5.93. The maximum atomic E-state index is 13.2. The van der Waals surface area contributed by atoms with E-state index in [4.69, 9.17) is 0 Å². The molecular formula is C27H37N9O2. The second-order valence-corrected chi connectivity index (χ2v) is 11.4. The Morgan fingerprint density at radius 3 is 2.47 bits per heavy atom. The highest BCUT2D eigenvalue weighted by Gasteiger charge is 2.45. The number of amides is 3. The Morgan fingerprint density at radius 2 is 1.82 bits per heavy atom. The lowest BCUT2D eigenvalue weighted by Crippen LogP contribution is -2.63. The number of nitriles is 1. The Kier molecular flexibility index (Phi) is 8.11. The first-order valence-corrected chi connectivity index (χ1v) is 13.0. The van der Waals surface area contributed by atoms with Crippen molar-refractivity contribution in [2.75, 3.05) is 44.8 Å². The van der Waals surface area contributed by atoms with Gasteiger partial charge in [0.2, 0.25) is 0 Å². The fourth-order valence-corrected chi connectivity index (χ4v) is 5.17. The molecule has 2 aliphatic heterocycles. The van der Waals surface area contributed by atoms with Gasteiger partial charge in [-0.1, -0.05) is 20.8 Å². The second-order valence-electron chi connectivity index (χ2n) is 11.4. The van der Waals surface area contributed by atoms with Crippen LogP contribution < -0.4 is 10.4 Å². The van der Waals surface area contributed by atoms with E-state index in [-0.39, 0.29) is 35.1 Å². The predicted molar refractivity (Wildman–Crippen MR) is 143 cm³/mol. The van der Waals surface area contributed by atoms with E-state index in [1.807, 2.05) is 35.0 Å². The van der Waals surface area contributed by atoms with E-state index >= 15 is 0 Å². The number of nitrogens with one attached hydrogen (secondary N) is 1. The topological polar surface area (TPSA) is 122 Å². The van der Waals surface area contributed by atoms with Crippen LogP contribution in [-0.4, -0.2) is 86.9 Å². The third kappa shape index (κ3) is 6.55. The Hall–Kier alpha value is -3.78. The van der Waals surface area contributed by atoms with Crippen molar-refractivity contribution in [3.8, 4) is 6.07 Å². The first-order chi connectivity index (χ1) is 18.1. The van der Waals surface area contributed by atoms with E-state index < -0.39 is 0 Å². The van der Waals surface area contributed by atoms with Gasteiger partial charge < -0.3 is 9.80 Å². The largest absolute Gasteiger partial charge is 0.322 e. The van der Waals surface area contributed by atoms with E-state index in [1.165, 1.54) is 6.20 Å². The molecule has 2 aliphatic rings. The molecule has 4 heterocycles. The zero-order valence-corrected chi connectivity index (χ0v) is 22.7. The lowest BCUT2D eigenvalue weighted by atomic mass is 9.81. The molecule has 4 rings (SSSR count). The summed E-state index contributed by atoms with van der Waals surface area (Å²) >= 11 is 0. The van der Waals surface area contributed by atoms with Gasteiger partial charge in [-0.25, -0.2) is 9.78 Å². The number of pyridine rings is 1. The van der Waals surface area contributed by atoms with Crippen molar-refractivity contribution in [2.24, 2.45) is 5.41 Å². The van der Waals surface area contributed by atoms with Gasteiger partial charge in [0.25, 0.3) is 5.91 Å². The van der Waals surface area contributed by atoms with Gasteiger partial charge >= 0.3 is 6.03 Å². The van der Waals surface area contributed by atoms with Gasteiger partial charge in [-0.15, -0.1) is 0 Å². The summed E-state index contributed by atoms with van der Waals surface area (Å²) in [6.45, 7) is 9.73. The fourth-order valence-electron chi connectivity index (χ4n) is 5.17. The monoisotopic (exact) mass is 519 g/mol. The van der Waals surface area contributed by atoms with E-state index in [1.54, 1.807) is 23.6 Å². The number of nitrogens with zero attached hydrogens (tertiary/aromatic N) is 8. The van der Waals surface area contributed by atoms with E-state index in [2.05, 4.69) is 46.0 Å². The van der Waals surface area contributed by atoms with Crippen molar-refractivity contribution in [1.82, 2.24) is 35.1 Å². The van der Waals surface area contributed by atoms with Gasteiger partial charge in [0.1, 0.15) is 6.07 Å². The molecule has 0 unspecified atom stereocenters. The fraction of sp³-hybridized carbons (Fsp3) is 0.556. The van der Waals surface area contributed by atoms with Crippen molar-refractivity contribution in [3.05, 3.63) is 48.2 Å². The summed E-state index contributed by atoms with van der Waals surface area (Å²) in [4.78, 5) is 44.7. The molecule has 0 saturated carbocycles. The SMILES string of the molecule is CN1C(=O)N(Cc2ccncc2)CCC12CCN(CC(=O)NN(CC(C)(C)C)c1cncc(C#N)n1)CC2. The van der Waals surface area contributed by atoms with Crippen LogP contribution in [0.1, 0.15) is 51.3 Å². The quantitative estimate of drug-likeness (QED) is 0.554. The van der Waals surface area contributed by atoms with Crippen molar-refractivity contribution < 1.29 is 9.59 Å². The summed E-state index contributed by atoms with van der Waals surface area (Å²) in [5, 5.41) is 10.9. The van der Waals surface area contributed by atoms with Crippen LogP contribution in [0.4, 0.5) is 10.6 Å². The average molecular weight is 520 g/mol. The number of rotatable bonds is 7. The molecule has 0 aromatic carbocycles. The molecule has 11 heteroatoms. The maximum Gasteiger partial charge on any atom is 0.320 e. The number of hydrogen-bond acceptors (Lipinski definition) is 8. The highest BCUT2D eigenvalue weighted by atomic mass is 16.2. The minimum atomic E-state index is -0.176. The second kappa shape index (κ2) is 11.3. The van der Waals surface area contributed by atoms with Crippen LogP contribution in [0.15, 0.2) is 36.9 Å².